The molecule has 0 spiro atoms. The van der Waals surface area contributed by atoms with Crippen molar-refractivity contribution in [3.8, 4) is 18.2 Å². The third-order valence-corrected chi connectivity index (χ3v) is 21.0. The van der Waals surface area contributed by atoms with Crippen molar-refractivity contribution in [3.05, 3.63) is 287 Å². The number of nitriles is 3. The molecule has 0 aliphatic carbocycles. The number of benzene rings is 3. The lowest BCUT2D eigenvalue weighted by atomic mass is 9.81. The number of pyridine rings is 6. The van der Waals surface area contributed by atoms with Gasteiger partial charge in [-0.3, -0.25) is 59.0 Å². The van der Waals surface area contributed by atoms with E-state index in [1.165, 1.54) is 0 Å². The lowest BCUT2D eigenvalue weighted by Gasteiger charge is -2.47. The molecule has 490 valence electrons. The van der Waals surface area contributed by atoms with Crippen molar-refractivity contribution in [3.63, 3.8) is 0 Å². The van der Waals surface area contributed by atoms with Gasteiger partial charge in [-0.15, -0.1) is 0 Å². The predicted molar refractivity (Wildman–Crippen MR) is 368 cm³/mol. The van der Waals surface area contributed by atoms with Gasteiger partial charge in [-0.05, 0) is 207 Å². The molecule has 5 aliphatic heterocycles. The van der Waals surface area contributed by atoms with E-state index in [4.69, 9.17) is 0 Å². The van der Waals surface area contributed by atoms with E-state index in [0.717, 1.165) is 62.9 Å². The Morgan fingerprint density at radius 2 is 0.633 bits per heavy atom. The van der Waals surface area contributed by atoms with Crippen LogP contribution in [0.5, 0.6) is 0 Å². The van der Waals surface area contributed by atoms with Crippen molar-refractivity contribution in [1.29, 1.82) is 15.8 Å². The molecule has 18 nitrogen and oxygen atoms in total. The van der Waals surface area contributed by atoms with Crippen LogP contribution in [0.1, 0.15) is 167 Å². The zero-order valence-corrected chi connectivity index (χ0v) is 54.7. The van der Waals surface area contributed by atoms with E-state index in [-0.39, 0.29) is 29.6 Å². The van der Waals surface area contributed by atoms with Crippen LogP contribution in [0.25, 0.3) is 0 Å². The maximum atomic E-state index is 17.3. The van der Waals surface area contributed by atoms with Crippen LogP contribution in [-0.2, 0) is 14.4 Å². The molecule has 5 aliphatic rings. The van der Waals surface area contributed by atoms with Gasteiger partial charge in [0.15, 0.2) is 0 Å². The molecular formula is C80H77N15O3. The van der Waals surface area contributed by atoms with Gasteiger partial charge in [-0.25, -0.2) is 0 Å². The van der Waals surface area contributed by atoms with Crippen molar-refractivity contribution >= 4 is 17.7 Å². The monoisotopic (exact) mass is 1300 g/mol. The topological polar surface area (TPSA) is 219 Å². The Balaban J connectivity index is 0.883. The summed E-state index contributed by atoms with van der Waals surface area (Å²) in [5.74, 6) is -1.41. The lowest BCUT2D eigenvalue weighted by Crippen LogP contribution is -2.64. The Labute approximate surface area is 572 Å². The first kappa shape index (κ1) is 64.6. The summed E-state index contributed by atoms with van der Waals surface area (Å²) in [5.41, 5.74) is 9.74. The summed E-state index contributed by atoms with van der Waals surface area (Å²) in [5, 5.41) is 31.3. The average molecular weight is 1300 g/mol. The molecule has 0 saturated carbocycles. The van der Waals surface area contributed by atoms with Gasteiger partial charge < -0.3 is 14.7 Å². The summed E-state index contributed by atoms with van der Waals surface area (Å²) in [6.45, 7) is 2.51. The molecule has 98 heavy (non-hydrogen) atoms. The average Bonchev–Trinajstić information content (AvgIpc) is 1.49. The van der Waals surface area contributed by atoms with E-state index >= 15 is 14.4 Å². The van der Waals surface area contributed by atoms with Crippen molar-refractivity contribution < 1.29 is 14.4 Å². The summed E-state index contributed by atoms with van der Waals surface area (Å²) in [6.07, 6.45) is 26.3. The molecule has 9 aromatic rings. The fraction of sp³-hybridized carbons (Fsp3) is 0.325. The molecule has 5 unspecified atom stereocenters. The predicted octanol–water partition coefficient (Wildman–Crippen LogP) is 11.8. The standard InChI is InChI=1S/C80H77N15O3/c81-46-55-15-1-18-58(43-55)75(72(61-21-4-32-84-49-61)62-22-5-33-85-50-62)90-38-10-27-67(90)78(96)93-41-13-30-70(93)95(80(98)69-29-12-40-92(69)77(60-20-3-17-57(45-60)48-83)74(65-25-8-36-88-53-65)66-26-9-37-89-54-66)71-31-14-42-94(71)79(97)68-28-11-39-91(68)76(59-19-2-16-56(44-59)47-82)73(63-23-6-34-86-51-63)64-24-7-35-87-52-64/h1-9,15-26,32-37,43-45,49-54,67-77H,10-14,27-31,38-42H2/t67-,68-,69+,70?,71?,75?,76?,77?/m1/s1. The number of nitrogens with zero attached hydrogens (tertiary/aromatic N) is 15. The van der Waals surface area contributed by atoms with Crippen LogP contribution in [0.2, 0.25) is 0 Å². The molecule has 3 aromatic carbocycles. The summed E-state index contributed by atoms with van der Waals surface area (Å²) >= 11 is 0. The summed E-state index contributed by atoms with van der Waals surface area (Å²) < 4.78 is 0. The highest BCUT2D eigenvalue weighted by Gasteiger charge is 2.53. The molecule has 5 saturated heterocycles. The van der Waals surface area contributed by atoms with E-state index in [2.05, 4.69) is 111 Å². The van der Waals surface area contributed by atoms with Gasteiger partial charge in [0.05, 0.1) is 53.0 Å². The number of rotatable bonds is 20. The summed E-state index contributed by atoms with van der Waals surface area (Å²) in [7, 11) is 0. The first-order valence-corrected chi connectivity index (χ1v) is 34.4. The van der Waals surface area contributed by atoms with Crippen LogP contribution < -0.4 is 0 Å². The minimum Gasteiger partial charge on any atom is -0.321 e. The summed E-state index contributed by atoms with van der Waals surface area (Å²) in [6, 6.07) is 50.9. The largest absolute Gasteiger partial charge is 0.321 e. The van der Waals surface area contributed by atoms with E-state index in [1.807, 2.05) is 143 Å². The van der Waals surface area contributed by atoms with Crippen LogP contribution in [-0.4, -0.2) is 140 Å². The highest BCUT2D eigenvalue weighted by Crippen LogP contribution is 2.49. The van der Waals surface area contributed by atoms with Crippen LogP contribution in [0.3, 0.4) is 0 Å². The smallest absolute Gasteiger partial charge is 0.243 e. The third kappa shape index (κ3) is 13.1. The van der Waals surface area contributed by atoms with Crippen LogP contribution in [0.15, 0.2) is 220 Å². The number of carbonyl (C=O) groups is 3. The molecular weight excluding hydrogens is 1220 g/mol. The second-order valence-electron chi connectivity index (χ2n) is 26.4. The molecule has 3 amide bonds. The van der Waals surface area contributed by atoms with Gasteiger partial charge in [-0.2, -0.15) is 15.8 Å². The quantitative estimate of drug-likeness (QED) is 0.0693. The van der Waals surface area contributed by atoms with Crippen LogP contribution in [0.4, 0.5) is 0 Å². The molecule has 0 N–H and O–H groups in total. The number of hydrogen-bond acceptors (Lipinski definition) is 15. The Morgan fingerprint density at radius 3 is 0.918 bits per heavy atom. The van der Waals surface area contributed by atoms with Gasteiger partial charge in [0, 0.05) is 123 Å². The van der Waals surface area contributed by atoms with E-state index in [9.17, 15) is 15.8 Å². The number of aromatic nitrogens is 6. The van der Waals surface area contributed by atoms with Crippen molar-refractivity contribution in [2.45, 2.75) is 131 Å². The first-order valence-electron chi connectivity index (χ1n) is 34.4. The molecule has 14 rings (SSSR count). The summed E-state index contributed by atoms with van der Waals surface area (Å²) in [4.78, 5) is 91.3. The zero-order chi connectivity index (χ0) is 66.9. The van der Waals surface area contributed by atoms with Gasteiger partial charge >= 0.3 is 0 Å². The second-order valence-corrected chi connectivity index (χ2v) is 26.4. The molecule has 5 fully saturated rings. The Bertz CT molecular complexity index is 4060. The lowest BCUT2D eigenvalue weighted by molar-refractivity contribution is -0.161. The fourth-order valence-corrected chi connectivity index (χ4v) is 16.9. The molecule has 8 atom stereocenters. The zero-order valence-electron chi connectivity index (χ0n) is 54.7. The number of carbonyl (C=O) groups excluding carboxylic acids is 3. The van der Waals surface area contributed by atoms with E-state index in [0.29, 0.717) is 101 Å². The molecule has 11 heterocycles. The minimum absolute atomic E-state index is 0.0832. The fourth-order valence-electron chi connectivity index (χ4n) is 16.9. The number of hydrogen-bond donors (Lipinski definition) is 0. The maximum Gasteiger partial charge on any atom is 0.243 e. The van der Waals surface area contributed by atoms with Gasteiger partial charge in [0.25, 0.3) is 0 Å². The second kappa shape index (κ2) is 29.8. The van der Waals surface area contributed by atoms with Gasteiger partial charge in [0.2, 0.25) is 17.7 Å². The minimum atomic E-state index is -0.736. The van der Waals surface area contributed by atoms with E-state index in [1.54, 1.807) is 43.2 Å². The van der Waals surface area contributed by atoms with Crippen LogP contribution in [0, 0.1) is 34.0 Å². The van der Waals surface area contributed by atoms with E-state index < -0.39 is 54.5 Å². The highest BCUT2D eigenvalue weighted by molar-refractivity contribution is 5.88. The normalized spacial score (nSPS) is 20.6. The molecule has 0 radical (unpaired) electrons. The highest BCUT2D eigenvalue weighted by atomic mass is 16.2. The maximum absolute atomic E-state index is 17.3. The van der Waals surface area contributed by atoms with Gasteiger partial charge in [0.1, 0.15) is 12.3 Å². The number of amides is 3. The van der Waals surface area contributed by atoms with Crippen molar-refractivity contribution in [2.75, 3.05) is 32.7 Å². The van der Waals surface area contributed by atoms with Crippen molar-refractivity contribution in [2.24, 2.45) is 0 Å². The Hall–Kier alpha value is -10.7. The Morgan fingerprint density at radius 1 is 0.357 bits per heavy atom. The van der Waals surface area contributed by atoms with Gasteiger partial charge in [-0.1, -0.05) is 72.8 Å². The molecule has 0 bridgehead atoms. The first-order chi connectivity index (χ1) is 48.3. The van der Waals surface area contributed by atoms with Crippen molar-refractivity contribution in [1.82, 2.24) is 59.3 Å². The Kier molecular flexibility index (Phi) is 19.6. The number of likely N-dealkylation sites (tertiary alicyclic amines) is 5. The third-order valence-electron chi connectivity index (χ3n) is 21.0. The SMILES string of the molecule is N#Cc1cccc(C(C(c2cccnc2)c2cccnc2)N2CCC[C@@H]2C(=O)N2CCCC2N(C(=O)[C@@H]2CCCN2C(c2cccc(C#N)c2)C(c2cccnc2)c2cccnc2)C2CCCN2C(=O)[C@H]2CCCN2C(c2cccc(C#N)c2)C(c2cccnc2)c2cccnc2)c1. The molecule has 6 aromatic heterocycles. The molecule has 18 heteroatoms. The van der Waals surface area contributed by atoms with Crippen LogP contribution >= 0.6 is 0 Å².